The lowest BCUT2D eigenvalue weighted by atomic mass is 10.1. The van der Waals surface area contributed by atoms with Crippen molar-refractivity contribution in [3.05, 3.63) is 77.0 Å². The zero-order valence-electron chi connectivity index (χ0n) is 13.4. The molecule has 2 aromatic carbocycles. The highest BCUT2D eigenvalue weighted by Gasteiger charge is 2.16. The van der Waals surface area contributed by atoms with Gasteiger partial charge in [-0.15, -0.1) is 0 Å². The Hall–Kier alpha value is -3.26. The fourth-order valence-corrected chi connectivity index (χ4v) is 2.59. The average molecular weight is 318 g/mol. The molecule has 0 unspecified atom stereocenters. The van der Waals surface area contributed by atoms with Crippen molar-refractivity contribution in [2.75, 3.05) is 12.8 Å². The van der Waals surface area contributed by atoms with Crippen LogP contribution in [0.4, 0.5) is 5.82 Å². The van der Waals surface area contributed by atoms with E-state index in [0.717, 1.165) is 16.9 Å². The Morgan fingerprint density at radius 1 is 1.08 bits per heavy atom. The molecule has 2 N–H and O–H groups in total. The molecule has 1 heterocycles. The number of ether oxygens (including phenoxy) is 1. The molecule has 0 aliphatic rings. The van der Waals surface area contributed by atoms with Gasteiger partial charge in [0.2, 0.25) is 0 Å². The highest BCUT2D eigenvalue weighted by Crippen LogP contribution is 2.21. The predicted octanol–water partition coefficient (Wildman–Crippen LogP) is 2.98. The fraction of sp³-hybridized carbons (Fsp3) is 0.158. The Morgan fingerprint density at radius 2 is 1.79 bits per heavy atom. The molecule has 5 nitrogen and oxygen atoms in total. The molecular formula is C19H18N4O. The highest BCUT2D eigenvalue weighted by molar-refractivity contribution is 5.53. The van der Waals surface area contributed by atoms with Crippen molar-refractivity contribution >= 4 is 5.82 Å². The fourth-order valence-electron chi connectivity index (χ4n) is 2.59. The number of nitrogens with two attached hydrogens (primary N) is 1. The smallest absolute Gasteiger partial charge is 0.140 e. The monoisotopic (exact) mass is 318 g/mol. The van der Waals surface area contributed by atoms with E-state index in [4.69, 9.17) is 10.5 Å². The minimum atomic E-state index is 0.402. The third-order valence-electron chi connectivity index (χ3n) is 3.88. The van der Waals surface area contributed by atoms with Crippen LogP contribution in [0.15, 0.2) is 54.6 Å². The van der Waals surface area contributed by atoms with E-state index >= 15 is 0 Å². The number of hydrogen-bond acceptors (Lipinski definition) is 4. The third-order valence-corrected chi connectivity index (χ3v) is 3.88. The van der Waals surface area contributed by atoms with Gasteiger partial charge in [0.1, 0.15) is 23.2 Å². The second kappa shape index (κ2) is 6.88. The highest BCUT2D eigenvalue weighted by atomic mass is 16.5. The van der Waals surface area contributed by atoms with Crippen molar-refractivity contribution in [1.82, 2.24) is 9.78 Å². The number of aromatic nitrogens is 2. The average Bonchev–Trinajstić information content (AvgIpc) is 2.91. The van der Waals surface area contributed by atoms with E-state index in [2.05, 4.69) is 11.2 Å². The van der Waals surface area contributed by atoms with Crippen molar-refractivity contribution in [2.24, 2.45) is 0 Å². The summed E-state index contributed by atoms with van der Waals surface area (Å²) in [7, 11) is 1.63. The minimum absolute atomic E-state index is 0.402. The van der Waals surface area contributed by atoms with Crippen LogP contribution in [0.25, 0.3) is 0 Å². The van der Waals surface area contributed by atoms with Crippen molar-refractivity contribution in [2.45, 2.75) is 13.0 Å². The van der Waals surface area contributed by atoms with E-state index in [9.17, 15) is 5.26 Å². The van der Waals surface area contributed by atoms with Crippen LogP contribution in [0, 0.1) is 11.3 Å². The summed E-state index contributed by atoms with van der Waals surface area (Å²) < 4.78 is 6.84. The topological polar surface area (TPSA) is 76.9 Å². The summed E-state index contributed by atoms with van der Waals surface area (Å²) >= 11 is 0. The van der Waals surface area contributed by atoms with Crippen molar-refractivity contribution in [3.8, 4) is 11.8 Å². The van der Waals surface area contributed by atoms with Gasteiger partial charge in [-0.1, -0.05) is 42.5 Å². The van der Waals surface area contributed by atoms with Gasteiger partial charge in [0.05, 0.1) is 19.3 Å². The molecular weight excluding hydrogens is 300 g/mol. The largest absolute Gasteiger partial charge is 0.497 e. The first kappa shape index (κ1) is 15.6. The van der Waals surface area contributed by atoms with E-state index in [0.29, 0.717) is 30.0 Å². The lowest BCUT2D eigenvalue weighted by molar-refractivity contribution is 0.414. The van der Waals surface area contributed by atoms with Crippen LogP contribution >= 0.6 is 0 Å². The number of rotatable bonds is 5. The van der Waals surface area contributed by atoms with E-state index in [1.807, 2.05) is 54.6 Å². The molecule has 1 aromatic heterocycles. The van der Waals surface area contributed by atoms with Gasteiger partial charge < -0.3 is 10.5 Å². The van der Waals surface area contributed by atoms with Gasteiger partial charge in [0.15, 0.2) is 0 Å². The molecule has 0 aliphatic heterocycles. The maximum Gasteiger partial charge on any atom is 0.140 e. The number of methoxy groups -OCH3 is 1. The van der Waals surface area contributed by atoms with Crippen molar-refractivity contribution in [3.63, 3.8) is 0 Å². The summed E-state index contributed by atoms with van der Waals surface area (Å²) in [6, 6.07) is 19.8. The Bertz CT molecular complexity index is 861. The maximum atomic E-state index is 9.43. The molecule has 24 heavy (non-hydrogen) atoms. The van der Waals surface area contributed by atoms with Crippen LogP contribution in [0.3, 0.4) is 0 Å². The summed E-state index contributed by atoms with van der Waals surface area (Å²) in [5, 5.41) is 14.0. The molecule has 0 atom stereocenters. The molecule has 0 spiro atoms. The Balaban J connectivity index is 1.87. The molecule has 0 saturated carbocycles. The van der Waals surface area contributed by atoms with Crippen LogP contribution in [0.1, 0.15) is 22.4 Å². The standard InChI is InChI=1S/C19H18N4O/c1-24-16-9-7-15(8-10-16)13-23-19(21)17(12-20)18(22-23)11-14-5-3-2-4-6-14/h2-10H,11,13,21H2,1H3. The molecule has 0 aliphatic carbocycles. The van der Waals surface area contributed by atoms with Gasteiger partial charge in [0, 0.05) is 6.42 Å². The molecule has 0 bridgehead atoms. The zero-order valence-corrected chi connectivity index (χ0v) is 13.4. The van der Waals surface area contributed by atoms with Crippen LogP contribution in [-0.2, 0) is 13.0 Å². The van der Waals surface area contributed by atoms with Crippen LogP contribution in [0.2, 0.25) is 0 Å². The Morgan fingerprint density at radius 3 is 2.42 bits per heavy atom. The van der Waals surface area contributed by atoms with E-state index < -0.39 is 0 Å². The number of nitrogen functional groups attached to an aromatic ring is 1. The summed E-state index contributed by atoms with van der Waals surface area (Å²) in [6.07, 6.45) is 0.587. The second-order valence-corrected chi connectivity index (χ2v) is 5.49. The van der Waals surface area contributed by atoms with Gasteiger partial charge >= 0.3 is 0 Å². The van der Waals surface area contributed by atoms with Crippen LogP contribution in [-0.4, -0.2) is 16.9 Å². The Kier molecular flexibility index (Phi) is 4.48. The van der Waals surface area contributed by atoms with E-state index in [1.165, 1.54) is 0 Å². The number of anilines is 1. The van der Waals surface area contributed by atoms with Crippen LogP contribution in [0.5, 0.6) is 5.75 Å². The van der Waals surface area contributed by atoms with Crippen LogP contribution < -0.4 is 10.5 Å². The lowest BCUT2D eigenvalue weighted by Gasteiger charge is -2.05. The lowest BCUT2D eigenvalue weighted by Crippen LogP contribution is -2.06. The van der Waals surface area contributed by atoms with Gasteiger partial charge in [-0.2, -0.15) is 10.4 Å². The van der Waals surface area contributed by atoms with Gasteiger partial charge in [-0.25, -0.2) is 4.68 Å². The molecule has 0 amide bonds. The first-order chi connectivity index (χ1) is 11.7. The van der Waals surface area contributed by atoms with Crippen molar-refractivity contribution < 1.29 is 4.74 Å². The van der Waals surface area contributed by atoms with Gasteiger partial charge in [0.25, 0.3) is 0 Å². The zero-order chi connectivity index (χ0) is 16.9. The summed E-state index contributed by atoms with van der Waals surface area (Å²) in [5.74, 6) is 1.20. The number of nitrogens with zero attached hydrogens (tertiary/aromatic N) is 3. The summed E-state index contributed by atoms with van der Waals surface area (Å²) in [5.41, 5.74) is 9.42. The molecule has 0 saturated heterocycles. The number of nitriles is 1. The molecule has 3 aromatic rings. The van der Waals surface area contributed by atoms with Gasteiger partial charge in [-0.3, -0.25) is 0 Å². The van der Waals surface area contributed by atoms with Gasteiger partial charge in [-0.05, 0) is 23.3 Å². The van der Waals surface area contributed by atoms with Crippen molar-refractivity contribution in [1.29, 1.82) is 5.26 Å². The molecule has 120 valence electrons. The molecule has 5 heteroatoms. The quantitative estimate of drug-likeness (QED) is 0.784. The second-order valence-electron chi connectivity index (χ2n) is 5.49. The Labute approximate surface area is 140 Å². The van der Waals surface area contributed by atoms with E-state index in [-0.39, 0.29) is 0 Å². The molecule has 0 fully saturated rings. The van der Waals surface area contributed by atoms with E-state index in [1.54, 1.807) is 11.8 Å². The minimum Gasteiger partial charge on any atom is -0.497 e. The first-order valence-electron chi connectivity index (χ1n) is 7.63. The summed E-state index contributed by atoms with van der Waals surface area (Å²) in [6.45, 7) is 0.513. The number of hydrogen-bond donors (Lipinski definition) is 1. The summed E-state index contributed by atoms with van der Waals surface area (Å²) in [4.78, 5) is 0. The first-order valence-corrected chi connectivity index (χ1v) is 7.63. The molecule has 0 radical (unpaired) electrons. The SMILES string of the molecule is COc1ccc(Cn2nc(Cc3ccccc3)c(C#N)c2N)cc1. The normalized spacial score (nSPS) is 10.3. The number of benzene rings is 2. The maximum absolute atomic E-state index is 9.43. The molecule has 3 rings (SSSR count). The third kappa shape index (κ3) is 3.23. The predicted molar refractivity (Wildman–Crippen MR) is 92.7 cm³/mol.